The number of nitrogens with two attached hydrogens (primary N) is 1. The first-order valence-corrected chi connectivity index (χ1v) is 8.26. The van der Waals surface area contributed by atoms with Crippen LogP contribution in [0.5, 0.6) is 0 Å². The molecule has 2 aliphatic rings. The average Bonchev–Trinajstić information content (AvgIpc) is 3.25. The molecule has 12 heteroatoms. The van der Waals surface area contributed by atoms with Gasteiger partial charge in [-0.2, -0.15) is 13.2 Å². The number of allylic oxidation sites excluding steroid dienone is 4. The fourth-order valence-corrected chi connectivity index (χ4v) is 3.40. The second-order valence-corrected chi connectivity index (χ2v) is 6.78. The van der Waals surface area contributed by atoms with Crippen molar-refractivity contribution < 1.29 is 43.0 Å². The van der Waals surface area contributed by atoms with E-state index in [9.17, 15) is 22.8 Å². The minimum atomic E-state index is -5.08. The van der Waals surface area contributed by atoms with Crippen LogP contribution in [0.1, 0.15) is 13.3 Å². The zero-order valence-corrected chi connectivity index (χ0v) is 15.7. The molecule has 0 aromatic carbocycles. The Balaban J connectivity index is 0.000000412. The van der Waals surface area contributed by atoms with Crippen LogP contribution in [0.3, 0.4) is 0 Å². The molecule has 1 amide bonds. The molecule has 1 fully saturated rings. The van der Waals surface area contributed by atoms with Crippen molar-refractivity contribution in [2.24, 2.45) is 28.6 Å². The number of carboxylic acid groups (broad SMARTS) is 2. The van der Waals surface area contributed by atoms with Crippen LogP contribution >= 0.6 is 0 Å². The number of hydrogen-bond acceptors (Lipinski definition) is 5. The van der Waals surface area contributed by atoms with E-state index < -0.39 is 35.9 Å². The first kappa shape index (κ1) is 21.8. The van der Waals surface area contributed by atoms with Gasteiger partial charge in [0.15, 0.2) is 0 Å². The largest absolute Gasteiger partial charge is 0.490 e. The van der Waals surface area contributed by atoms with Crippen LogP contribution in [0.2, 0.25) is 0 Å². The van der Waals surface area contributed by atoms with Gasteiger partial charge in [0.05, 0.1) is 0 Å². The summed E-state index contributed by atoms with van der Waals surface area (Å²) in [5.74, 6) is -6.03. The SMILES string of the molecule is CC1=C([AsH2])C(=NO)CC=C1[C@@H]1[C@H](C(N)=O)[C@H]1C(=O)O.O=C(O)C(F)(F)F. The van der Waals surface area contributed by atoms with Crippen molar-refractivity contribution in [3.8, 4) is 0 Å². The predicted molar refractivity (Wildman–Crippen MR) is 84.2 cm³/mol. The number of rotatable bonds is 3. The first-order valence-electron chi connectivity index (χ1n) is 7.04. The topological polar surface area (TPSA) is 150 Å². The Bertz CT molecular complexity index is 709. The molecule has 2 aliphatic carbocycles. The van der Waals surface area contributed by atoms with E-state index in [0.29, 0.717) is 12.1 Å². The third kappa shape index (κ3) is 4.66. The van der Waals surface area contributed by atoms with E-state index in [1.807, 2.05) is 13.0 Å². The van der Waals surface area contributed by atoms with Gasteiger partial charge in [-0.25, -0.2) is 4.79 Å². The number of primary amides is 1. The van der Waals surface area contributed by atoms with Crippen molar-refractivity contribution >= 4 is 40.4 Å². The van der Waals surface area contributed by atoms with Crippen LogP contribution in [0.25, 0.3) is 0 Å². The molecule has 5 N–H and O–H groups in total. The maximum absolute atomic E-state index is 11.3. The Kier molecular flexibility index (Phi) is 6.64. The second-order valence-electron chi connectivity index (χ2n) is 5.57. The van der Waals surface area contributed by atoms with E-state index in [4.69, 9.17) is 25.9 Å². The van der Waals surface area contributed by atoms with Crippen LogP contribution in [0.15, 0.2) is 26.7 Å². The summed E-state index contributed by atoms with van der Waals surface area (Å²) in [5.41, 5.74) is 7.58. The molecule has 0 radical (unpaired) electrons. The number of halogens is 3. The molecule has 0 heterocycles. The second kappa shape index (κ2) is 7.94. The van der Waals surface area contributed by atoms with Crippen LogP contribution in [0.4, 0.5) is 13.2 Å². The molecule has 2 rings (SSSR count). The van der Waals surface area contributed by atoms with E-state index in [0.717, 1.165) is 15.5 Å². The number of carboxylic acids is 2. The number of aliphatic carboxylic acids is 2. The maximum atomic E-state index is 11.3. The van der Waals surface area contributed by atoms with Crippen molar-refractivity contribution in [3.05, 3.63) is 21.6 Å². The molecule has 8 nitrogen and oxygen atoms in total. The molecule has 0 spiro atoms. The summed E-state index contributed by atoms with van der Waals surface area (Å²) < 4.78 is 32.6. The number of carbonyl (C=O) groups is 3. The standard InChI is InChI=1S/C12H15AsN2O4.C2HF3O2/c1-4-5(2-3-6(15-19)10(4)13)7-8(11(14)16)9(7)12(17)18;3-2(4,5)1(6)7/h2,7-9,19H,3,13H2,1H3,(H2,14,16)(H,17,18);(H,6,7)/t7-,8+,9+;/m1./s1. The average molecular weight is 440 g/mol. The molecule has 144 valence electrons. The van der Waals surface area contributed by atoms with Crippen molar-refractivity contribution in [3.63, 3.8) is 0 Å². The molecule has 0 aliphatic heterocycles. The van der Waals surface area contributed by atoms with Gasteiger partial charge in [0.1, 0.15) is 0 Å². The quantitative estimate of drug-likeness (QED) is 0.278. The summed E-state index contributed by atoms with van der Waals surface area (Å²) in [4.78, 5) is 31.3. The van der Waals surface area contributed by atoms with Crippen LogP contribution in [-0.4, -0.2) is 62.0 Å². The van der Waals surface area contributed by atoms with Gasteiger partial charge in [0.2, 0.25) is 0 Å². The summed E-state index contributed by atoms with van der Waals surface area (Å²) in [6.07, 6.45) is -2.80. The molecular weight excluding hydrogens is 424 g/mol. The van der Waals surface area contributed by atoms with Gasteiger partial charge in [-0.15, -0.1) is 0 Å². The summed E-state index contributed by atoms with van der Waals surface area (Å²) in [6.45, 7) is 1.85. The Labute approximate surface area is 153 Å². The monoisotopic (exact) mass is 440 g/mol. The van der Waals surface area contributed by atoms with Gasteiger partial charge in [-0.05, 0) is 0 Å². The van der Waals surface area contributed by atoms with Crippen LogP contribution in [-0.2, 0) is 14.4 Å². The van der Waals surface area contributed by atoms with Gasteiger partial charge in [-0.3, -0.25) is 0 Å². The molecule has 0 aromatic heterocycles. The van der Waals surface area contributed by atoms with E-state index in [2.05, 4.69) is 5.16 Å². The summed E-state index contributed by atoms with van der Waals surface area (Å²) in [7, 11) is 0. The van der Waals surface area contributed by atoms with E-state index in [1.165, 1.54) is 16.9 Å². The fourth-order valence-electron chi connectivity index (χ4n) is 2.68. The smallest absolute Gasteiger partial charge is 0.475 e. The van der Waals surface area contributed by atoms with Gasteiger partial charge in [-0.1, -0.05) is 0 Å². The van der Waals surface area contributed by atoms with E-state index in [-0.39, 0.29) is 5.92 Å². The predicted octanol–water partition coefficient (Wildman–Crippen LogP) is 0.119. The Morgan fingerprint density at radius 2 is 1.77 bits per heavy atom. The van der Waals surface area contributed by atoms with Crippen molar-refractivity contribution in [1.29, 1.82) is 0 Å². The van der Waals surface area contributed by atoms with Gasteiger partial charge in [0, 0.05) is 0 Å². The van der Waals surface area contributed by atoms with Crippen molar-refractivity contribution in [1.82, 2.24) is 0 Å². The zero-order chi connectivity index (χ0) is 20.4. The molecule has 0 saturated heterocycles. The van der Waals surface area contributed by atoms with Crippen LogP contribution < -0.4 is 5.73 Å². The maximum Gasteiger partial charge on any atom is 0.490 e. The number of amides is 1. The van der Waals surface area contributed by atoms with Crippen molar-refractivity contribution in [2.75, 3.05) is 0 Å². The summed E-state index contributed by atoms with van der Waals surface area (Å²) in [6, 6.07) is 0. The number of carbonyl (C=O) groups excluding carboxylic acids is 1. The molecule has 1 saturated carbocycles. The van der Waals surface area contributed by atoms with Gasteiger partial charge < -0.3 is 5.11 Å². The minimum Gasteiger partial charge on any atom is -0.475 e. The molecule has 4 atom stereocenters. The zero-order valence-electron chi connectivity index (χ0n) is 13.3. The number of hydrogen-bond donors (Lipinski definition) is 4. The molecule has 0 bridgehead atoms. The molecular formula is C14H16AsF3N2O6. The Morgan fingerprint density at radius 1 is 1.27 bits per heavy atom. The normalized spacial score (nSPS) is 26.6. The van der Waals surface area contributed by atoms with E-state index in [1.54, 1.807) is 0 Å². The minimum absolute atomic E-state index is 0.346. The van der Waals surface area contributed by atoms with Gasteiger partial charge in [0.25, 0.3) is 0 Å². The molecule has 0 aromatic rings. The summed E-state index contributed by atoms with van der Waals surface area (Å²) >= 11 is 1.31. The third-order valence-electron chi connectivity index (χ3n) is 4.02. The first-order chi connectivity index (χ1) is 11.8. The van der Waals surface area contributed by atoms with Crippen molar-refractivity contribution in [2.45, 2.75) is 19.5 Å². The number of nitrogens with zero attached hydrogens (tertiary/aromatic N) is 1. The fraction of sp³-hybridized carbons (Fsp3) is 0.429. The number of alkyl halides is 3. The molecule has 26 heavy (non-hydrogen) atoms. The summed E-state index contributed by atoms with van der Waals surface area (Å²) in [5, 5.41) is 28.3. The molecule has 1 unspecified atom stereocenters. The Hall–Kier alpha value is -2.29. The Morgan fingerprint density at radius 3 is 2.08 bits per heavy atom. The van der Waals surface area contributed by atoms with E-state index >= 15 is 0 Å². The van der Waals surface area contributed by atoms with Gasteiger partial charge >= 0.3 is 130 Å². The van der Waals surface area contributed by atoms with Crippen LogP contribution in [0, 0.1) is 17.8 Å². The number of oxime groups is 1. The third-order valence-corrected chi connectivity index (χ3v) is 5.63.